The number of anilines is 1. The SMILES string of the molecule is Cc1cc(OCCCc2c3n(c4c(-c5c(C)nn(C)c5C)c(Cl)ccc24)C(C)CN(c2cccc4c2cc(C(=O)O)n4CCN2CCOCC2)C3=O)cc(C)c1Cl. The molecule has 1 atom stereocenters. The van der Waals surface area contributed by atoms with Gasteiger partial charge in [-0.25, -0.2) is 4.79 Å². The smallest absolute Gasteiger partial charge is 0.352 e. The fourth-order valence-corrected chi connectivity index (χ4v) is 9.28. The lowest BCUT2D eigenvalue weighted by atomic mass is 9.98. The molecule has 1 saturated heterocycles. The summed E-state index contributed by atoms with van der Waals surface area (Å²) in [6.07, 6.45) is 1.23. The molecule has 2 aliphatic heterocycles. The number of nitrogens with zero attached hydrogens (tertiary/aromatic N) is 6. The first-order valence-corrected chi connectivity index (χ1v) is 20.3. The Labute approximate surface area is 342 Å². The van der Waals surface area contributed by atoms with Crippen molar-refractivity contribution in [3.8, 4) is 16.9 Å². The molecule has 1 unspecified atom stereocenters. The first kappa shape index (κ1) is 39.0. The van der Waals surface area contributed by atoms with Gasteiger partial charge >= 0.3 is 5.97 Å². The number of rotatable bonds is 11. The van der Waals surface area contributed by atoms with E-state index in [-0.39, 0.29) is 17.6 Å². The van der Waals surface area contributed by atoms with E-state index in [0.717, 1.165) is 84.9 Å². The third kappa shape index (κ3) is 6.88. The zero-order chi connectivity index (χ0) is 40.3. The first-order chi connectivity index (χ1) is 27.3. The number of aryl methyl sites for hydroxylation is 5. The lowest BCUT2D eigenvalue weighted by molar-refractivity contribution is 0.0362. The topological polar surface area (TPSA) is 107 Å². The van der Waals surface area contributed by atoms with Gasteiger partial charge in [0.25, 0.3) is 5.91 Å². The van der Waals surface area contributed by atoms with Crippen molar-refractivity contribution in [2.75, 3.05) is 50.9 Å². The van der Waals surface area contributed by atoms with Crippen LogP contribution in [-0.4, -0.2) is 86.8 Å². The number of fused-ring (bicyclic) bond motifs is 4. The molecule has 0 aliphatic carbocycles. The summed E-state index contributed by atoms with van der Waals surface area (Å²) in [6, 6.07) is 15.2. The van der Waals surface area contributed by atoms with E-state index in [9.17, 15) is 9.90 Å². The summed E-state index contributed by atoms with van der Waals surface area (Å²) in [5.41, 5.74) is 9.71. The van der Waals surface area contributed by atoms with Gasteiger partial charge in [0.15, 0.2) is 0 Å². The van der Waals surface area contributed by atoms with Gasteiger partial charge in [-0.15, -0.1) is 0 Å². The van der Waals surface area contributed by atoms with Crippen molar-refractivity contribution in [3.63, 3.8) is 0 Å². The van der Waals surface area contributed by atoms with Crippen LogP contribution in [0.5, 0.6) is 5.75 Å². The molecular weight excluding hydrogens is 763 g/mol. The molecule has 0 spiro atoms. The van der Waals surface area contributed by atoms with Crippen LogP contribution in [0.25, 0.3) is 32.9 Å². The maximum Gasteiger partial charge on any atom is 0.352 e. The molecule has 2 aliphatic rings. The molecule has 0 radical (unpaired) electrons. The van der Waals surface area contributed by atoms with Gasteiger partial charge in [0.1, 0.15) is 17.1 Å². The zero-order valence-electron chi connectivity index (χ0n) is 33.3. The lowest BCUT2D eigenvalue weighted by Crippen LogP contribution is -2.42. The van der Waals surface area contributed by atoms with E-state index in [0.29, 0.717) is 68.7 Å². The van der Waals surface area contributed by atoms with Gasteiger partial charge in [-0.2, -0.15) is 5.10 Å². The molecule has 5 heterocycles. The average molecular weight is 812 g/mol. The molecule has 57 heavy (non-hydrogen) atoms. The molecule has 11 nitrogen and oxygen atoms in total. The van der Waals surface area contributed by atoms with Crippen molar-refractivity contribution in [2.24, 2.45) is 7.05 Å². The highest BCUT2D eigenvalue weighted by atomic mass is 35.5. The molecule has 13 heteroatoms. The Kier molecular flexibility index (Phi) is 10.6. The predicted molar refractivity (Wildman–Crippen MR) is 226 cm³/mol. The fraction of sp³-hybridized carbons (Fsp3) is 0.386. The van der Waals surface area contributed by atoms with E-state index in [4.69, 9.17) is 37.8 Å². The van der Waals surface area contributed by atoms with Gasteiger partial charge < -0.3 is 28.6 Å². The van der Waals surface area contributed by atoms with E-state index < -0.39 is 5.97 Å². The number of aromatic carboxylic acids is 1. The fourth-order valence-electron chi connectivity index (χ4n) is 8.93. The van der Waals surface area contributed by atoms with E-state index in [1.165, 1.54) is 0 Å². The molecule has 0 bridgehead atoms. The van der Waals surface area contributed by atoms with Crippen LogP contribution in [0.15, 0.2) is 48.5 Å². The van der Waals surface area contributed by atoms with Crippen LogP contribution in [0.2, 0.25) is 10.0 Å². The molecule has 6 aromatic rings. The standard InChI is InChI=1S/C44H48Cl2N6O5/c1-25-21-30(22-26(2)40(25)46)57-18-8-9-31-32-12-13-34(45)39(38-28(4)47-48(6)29(38)5)41(32)52-27(3)24-51(43(53)42(31)52)36-11-7-10-35-33(36)23-37(44(54)55)50(35)15-14-49-16-19-56-20-17-49/h7,10-13,21-23,27H,8-9,14-20,24H2,1-6H3,(H,54,55). The number of amides is 1. The highest BCUT2D eigenvalue weighted by Crippen LogP contribution is 2.45. The van der Waals surface area contributed by atoms with Gasteiger partial charge in [-0.1, -0.05) is 35.3 Å². The van der Waals surface area contributed by atoms with Crippen LogP contribution in [0.3, 0.4) is 0 Å². The number of ether oxygens (including phenoxy) is 2. The number of aromatic nitrogens is 4. The third-order valence-corrected chi connectivity index (χ3v) is 12.7. The van der Waals surface area contributed by atoms with Crippen LogP contribution < -0.4 is 9.64 Å². The van der Waals surface area contributed by atoms with E-state index >= 15 is 4.79 Å². The molecule has 3 aromatic carbocycles. The molecule has 0 saturated carbocycles. The second-order valence-corrected chi connectivity index (χ2v) is 16.2. The van der Waals surface area contributed by atoms with Crippen LogP contribution in [0.4, 0.5) is 5.69 Å². The molecule has 298 valence electrons. The van der Waals surface area contributed by atoms with Crippen molar-refractivity contribution >= 4 is 62.6 Å². The van der Waals surface area contributed by atoms with E-state index in [1.54, 1.807) is 6.07 Å². The molecule has 1 amide bonds. The third-order valence-electron chi connectivity index (χ3n) is 11.7. The van der Waals surface area contributed by atoms with Crippen molar-refractivity contribution in [1.82, 2.24) is 23.8 Å². The van der Waals surface area contributed by atoms with E-state index in [1.807, 2.05) is 91.4 Å². The number of benzene rings is 3. The molecule has 8 rings (SSSR count). The van der Waals surface area contributed by atoms with Gasteiger partial charge in [-0.05, 0) is 101 Å². The predicted octanol–water partition coefficient (Wildman–Crippen LogP) is 8.80. The highest BCUT2D eigenvalue weighted by molar-refractivity contribution is 6.35. The Balaban J connectivity index is 1.23. The number of carboxylic acids is 1. The number of morpholine rings is 1. The van der Waals surface area contributed by atoms with Crippen molar-refractivity contribution < 1.29 is 24.2 Å². The van der Waals surface area contributed by atoms with Crippen LogP contribution in [0.1, 0.15) is 68.4 Å². The van der Waals surface area contributed by atoms with Crippen molar-refractivity contribution in [1.29, 1.82) is 0 Å². The maximum absolute atomic E-state index is 15.3. The van der Waals surface area contributed by atoms with E-state index in [2.05, 4.69) is 16.4 Å². The van der Waals surface area contributed by atoms with Gasteiger partial charge in [0.2, 0.25) is 0 Å². The first-order valence-electron chi connectivity index (χ1n) is 19.6. The molecule has 3 aromatic heterocycles. The zero-order valence-corrected chi connectivity index (χ0v) is 34.8. The normalized spacial score (nSPS) is 16.2. The summed E-state index contributed by atoms with van der Waals surface area (Å²) in [4.78, 5) is 32.1. The number of hydrogen-bond donors (Lipinski definition) is 1. The Morgan fingerprint density at radius 1 is 0.982 bits per heavy atom. The average Bonchev–Trinajstić information content (AvgIpc) is 3.82. The Bertz CT molecular complexity index is 2540. The molecule has 1 fully saturated rings. The lowest BCUT2D eigenvalue weighted by Gasteiger charge is -2.34. The summed E-state index contributed by atoms with van der Waals surface area (Å²) in [5, 5.41) is 18.1. The highest BCUT2D eigenvalue weighted by Gasteiger charge is 2.37. The molecule has 1 N–H and O–H groups in total. The second-order valence-electron chi connectivity index (χ2n) is 15.4. The monoisotopic (exact) mass is 810 g/mol. The summed E-state index contributed by atoms with van der Waals surface area (Å²) in [6.45, 7) is 15.1. The number of carbonyl (C=O) groups is 2. The quantitative estimate of drug-likeness (QED) is 0.130. The van der Waals surface area contributed by atoms with Crippen molar-refractivity contribution in [3.05, 3.63) is 98.0 Å². The minimum Gasteiger partial charge on any atom is -0.494 e. The summed E-state index contributed by atoms with van der Waals surface area (Å²) >= 11 is 13.6. The van der Waals surface area contributed by atoms with Crippen LogP contribution in [0, 0.1) is 27.7 Å². The second kappa shape index (κ2) is 15.5. The van der Waals surface area contributed by atoms with Crippen molar-refractivity contribution in [2.45, 2.75) is 60.0 Å². The summed E-state index contributed by atoms with van der Waals surface area (Å²) in [5.74, 6) is -0.385. The van der Waals surface area contributed by atoms with Gasteiger partial charge in [0.05, 0.1) is 47.3 Å². The number of carboxylic acid groups (broad SMARTS) is 1. The minimum absolute atomic E-state index is 0.142. The Morgan fingerprint density at radius 2 is 1.72 bits per heavy atom. The number of hydrogen-bond acceptors (Lipinski definition) is 6. The van der Waals surface area contributed by atoms with Crippen LogP contribution in [-0.2, 0) is 24.8 Å². The summed E-state index contributed by atoms with van der Waals surface area (Å²) in [7, 11) is 1.93. The number of carbonyl (C=O) groups excluding carboxylic acids is 1. The van der Waals surface area contributed by atoms with Crippen LogP contribution >= 0.6 is 23.2 Å². The van der Waals surface area contributed by atoms with Gasteiger partial charge in [-0.3, -0.25) is 14.4 Å². The maximum atomic E-state index is 15.3. The van der Waals surface area contributed by atoms with Gasteiger partial charge in [0, 0.05) is 78.4 Å². The molecular formula is C44H48Cl2N6O5. The Hall–Kier alpha value is -4.81. The Morgan fingerprint density at radius 3 is 2.40 bits per heavy atom. The summed E-state index contributed by atoms with van der Waals surface area (Å²) < 4.78 is 17.7. The number of halogens is 2. The largest absolute Gasteiger partial charge is 0.494 e. The minimum atomic E-state index is -1.00.